The van der Waals surface area contributed by atoms with Crippen molar-refractivity contribution < 1.29 is 18.3 Å². The normalized spacial score (nSPS) is 12.8. The molecule has 3 aromatic rings. The van der Waals surface area contributed by atoms with E-state index in [0.29, 0.717) is 11.0 Å². The van der Waals surface area contributed by atoms with Crippen LogP contribution < -0.4 is 0 Å². The zero-order valence-corrected chi connectivity index (χ0v) is 11.7. The van der Waals surface area contributed by atoms with Crippen LogP contribution in [0.3, 0.4) is 0 Å². The number of halogens is 3. The third-order valence-corrected chi connectivity index (χ3v) is 3.66. The van der Waals surface area contributed by atoms with Crippen molar-refractivity contribution in [3.05, 3.63) is 69.9 Å². The first-order valence-corrected chi connectivity index (χ1v) is 6.66. The Morgan fingerprint density at radius 3 is 2.70 bits per heavy atom. The van der Waals surface area contributed by atoms with Gasteiger partial charge in [0, 0.05) is 10.9 Å². The summed E-state index contributed by atoms with van der Waals surface area (Å²) in [5, 5.41) is 10.7. The van der Waals surface area contributed by atoms with Crippen molar-refractivity contribution in [3.63, 3.8) is 0 Å². The molecule has 1 aromatic heterocycles. The fraction of sp³-hybridized carbons (Fsp3) is 0.0667. The Kier molecular flexibility index (Phi) is 3.31. The van der Waals surface area contributed by atoms with Crippen molar-refractivity contribution in [3.8, 4) is 0 Å². The van der Waals surface area contributed by atoms with Crippen molar-refractivity contribution in [1.82, 2.24) is 0 Å². The highest BCUT2D eigenvalue weighted by Crippen LogP contribution is 2.31. The van der Waals surface area contributed by atoms with Gasteiger partial charge in [0.05, 0.1) is 4.47 Å². The standard InChI is InChI=1S/C15H9BrF2O2/c16-11-3-1-2-10(14(11)18)15(19)13-7-8-6-9(17)4-5-12(8)20-13/h1-7,15,19H. The van der Waals surface area contributed by atoms with Crippen LogP contribution in [0.4, 0.5) is 8.78 Å². The highest BCUT2D eigenvalue weighted by atomic mass is 79.9. The first-order valence-electron chi connectivity index (χ1n) is 5.87. The molecule has 20 heavy (non-hydrogen) atoms. The van der Waals surface area contributed by atoms with Crippen molar-refractivity contribution in [2.45, 2.75) is 6.10 Å². The molecule has 1 N–H and O–H groups in total. The lowest BCUT2D eigenvalue weighted by Gasteiger charge is -2.09. The predicted molar refractivity (Wildman–Crippen MR) is 74.3 cm³/mol. The molecule has 0 radical (unpaired) electrons. The minimum Gasteiger partial charge on any atom is -0.458 e. The molecule has 102 valence electrons. The minimum atomic E-state index is -1.25. The van der Waals surface area contributed by atoms with Gasteiger partial charge in [0.2, 0.25) is 0 Å². The number of hydrogen-bond acceptors (Lipinski definition) is 2. The zero-order chi connectivity index (χ0) is 14.3. The molecule has 0 saturated heterocycles. The monoisotopic (exact) mass is 338 g/mol. The van der Waals surface area contributed by atoms with Gasteiger partial charge in [-0.3, -0.25) is 0 Å². The van der Waals surface area contributed by atoms with Crippen LogP contribution in [-0.2, 0) is 0 Å². The van der Waals surface area contributed by atoms with Gasteiger partial charge in [-0.2, -0.15) is 0 Å². The van der Waals surface area contributed by atoms with Gasteiger partial charge in [-0.1, -0.05) is 12.1 Å². The first-order chi connectivity index (χ1) is 9.56. The van der Waals surface area contributed by atoms with Crippen LogP contribution in [0.15, 0.2) is 51.4 Å². The Labute approximate surface area is 121 Å². The van der Waals surface area contributed by atoms with E-state index in [4.69, 9.17) is 4.42 Å². The zero-order valence-electron chi connectivity index (χ0n) is 10.1. The second-order valence-electron chi connectivity index (χ2n) is 4.38. The molecule has 1 heterocycles. The van der Waals surface area contributed by atoms with Crippen LogP contribution in [0.2, 0.25) is 0 Å². The van der Waals surface area contributed by atoms with Crippen molar-refractivity contribution >= 4 is 26.9 Å². The Morgan fingerprint density at radius 1 is 1.10 bits per heavy atom. The average Bonchev–Trinajstić information content (AvgIpc) is 2.84. The van der Waals surface area contributed by atoms with E-state index in [0.717, 1.165) is 0 Å². The molecule has 5 heteroatoms. The molecule has 0 aliphatic carbocycles. The number of furan rings is 1. The van der Waals surface area contributed by atoms with Gasteiger partial charge in [-0.15, -0.1) is 0 Å². The molecule has 0 amide bonds. The first kappa shape index (κ1) is 13.3. The molecule has 0 saturated carbocycles. The maximum Gasteiger partial charge on any atom is 0.143 e. The second-order valence-corrected chi connectivity index (χ2v) is 5.23. The summed E-state index contributed by atoms with van der Waals surface area (Å²) in [5.74, 6) is -0.776. The summed E-state index contributed by atoms with van der Waals surface area (Å²) in [7, 11) is 0. The number of hydrogen-bond donors (Lipinski definition) is 1. The Hall–Kier alpha value is -1.72. The lowest BCUT2D eigenvalue weighted by molar-refractivity contribution is 0.187. The fourth-order valence-electron chi connectivity index (χ4n) is 2.05. The summed E-state index contributed by atoms with van der Waals surface area (Å²) in [5.41, 5.74) is 0.537. The lowest BCUT2D eigenvalue weighted by Crippen LogP contribution is -2.01. The molecule has 3 rings (SSSR count). The molecule has 0 spiro atoms. The van der Waals surface area contributed by atoms with E-state index in [9.17, 15) is 13.9 Å². The predicted octanol–water partition coefficient (Wildman–Crippen LogP) is 4.56. The fourth-order valence-corrected chi connectivity index (χ4v) is 2.44. The molecule has 0 aliphatic rings. The molecule has 1 unspecified atom stereocenters. The van der Waals surface area contributed by atoms with Crippen LogP contribution in [0, 0.1) is 11.6 Å². The molecule has 2 aromatic carbocycles. The van der Waals surface area contributed by atoms with Crippen LogP contribution in [0.25, 0.3) is 11.0 Å². The Bertz CT molecular complexity index is 783. The van der Waals surface area contributed by atoms with Gasteiger partial charge < -0.3 is 9.52 Å². The summed E-state index contributed by atoms with van der Waals surface area (Å²) < 4.78 is 32.8. The maximum absolute atomic E-state index is 13.9. The van der Waals surface area contributed by atoms with E-state index in [2.05, 4.69) is 15.9 Å². The highest BCUT2D eigenvalue weighted by Gasteiger charge is 2.20. The Morgan fingerprint density at radius 2 is 1.90 bits per heavy atom. The lowest BCUT2D eigenvalue weighted by atomic mass is 10.1. The van der Waals surface area contributed by atoms with Crippen LogP contribution >= 0.6 is 15.9 Å². The molecule has 1 atom stereocenters. The number of aliphatic hydroxyl groups excluding tert-OH is 1. The molecule has 0 fully saturated rings. The molecule has 2 nitrogen and oxygen atoms in total. The number of aliphatic hydroxyl groups is 1. The van der Waals surface area contributed by atoms with E-state index in [1.807, 2.05) is 0 Å². The third-order valence-electron chi connectivity index (χ3n) is 3.04. The van der Waals surface area contributed by atoms with Gasteiger partial charge in [0.1, 0.15) is 29.1 Å². The van der Waals surface area contributed by atoms with Gasteiger partial charge in [0.15, 0.2) is 0 Å². The topological polar surface area (TPSA) is 33.4 Å². The largest absolute Gasteiger partial charge is 0.458 e. The quantitative estimate of drug-likeness (QED) is 0.743. The van der Waals surface area contributed by atoms with Gasteiger partial charge in [0.25, 0.3) is 0 Å². The van der Waals surface area contributed by atoms with Crippen molar-refractivity contribution in [2.75, 3.05) is 0 Å². The molecular formula is C15H9BrF2O2. The molecule has 0 bridgehead atoms. The second kappa shape index (κ2) is 5.00. The molecular weight excluding hydrogens is 330 g/mol. The minimum absolute atomic E-state index is 0.0962. The Balaban J connectivity index is 2.08. The number of benzene rings is 2. The van der Waals surface area contributed by atoms with Crippen molar-refractivity contribution in [2.24, 2.45) is 0 Å². The van der Waals surface area contributed by atoms with Crippen molar-refractivity contribution in [1.29, 1.82) is 0 Å². The van der Waals surface area contributed by atoms with Gasteiger partial charge >= 0.3 is 0 Å². The number of fused-ring (bicyclic) bond motifs is 1. The summed E-state index contributed by atoms with van der Waals surface area (Å²) in [6, 6.07) is 10.2. The van der Waals surface area contributed by atoms with E-state index in [1.165, 1.54) is 30.3 Å². The van der Waals surface area contributed by atoms with E-state index >= 15 is 0 Å². The average molecular weight is 339 g/mol. The van der Waals surface area contributed by atoms with Gasteiger partial charge in [-0.25, -0.2) is 8.78 Å². The smallest absolute Gasteiger partial charge is 0.143 e. The third kappa shape index (κ3) is 2.23. The summed E-state index contributed by atoms with van der Waals surface area (Å²) in [6.07, 6.45) is -1.25. The molecule has 0 aliphatic heterocycles. The van der Waals surface area contributed by atoms with Crippen LogP contribution in [0.5, 0.6) is 0 Å². The summed E-state index contributed by atoms with van der Waals surface area (Å²) in [4.78, 5) is 0. The summed E-state index contributed by atoms with van der Waals surface area (Å²) >= 11 is 3.06. The number of rotatable bonds is 2. The summed E-state index contributed by atoms with van der Waals surface area (Å²) in [6.45, 7) is 0. The van der Waals surface area contributed by atoms with E-state index < -0.39 is 17.7 Å². The SMILES string of the molecule is OC(c1cc2cc(F)ccc2o1)c1cccc(Br)c1F. The highest BCUT2D eigenvalue weighted by molar-refractivity contribution is 9.10. The van der Waals surface area contributed by atoms with E-state index in [-0.39, 0.29) is 15.8 Å². The van der Waals surface area contributed by atoms with E-state index in [1.54, 1.807) is 12.1 Å². The maximum atomic E-state index is 13.9. The van der Waals surface area contributed by atoms with Crippen LogP contribution in [0.1, 0.15) is 17.4 Å². The van der Waals surface area contributed by atoms with Crippen LogP contribution in [-0.4, -0.2) is 5.11 Å². The van der Waals surface area contributed by atoms with Gasteiger partial charge in [-0.05, 0) is 46.3 Å².